The van der Waals surface area contributed by atoms with Crippen LogP contribution in [0.25, 0.3) is 0 Å². The SMILES string of the molecule is COCC1OC(OC)[C@@H](OCC(=O)NCc2ccccc2)[C@@H](OC)[C@@H]1O.COCC1OC(OC)[C@@H](OCC(=O)NCc2ccccc2)[C@@H](OCC(=O)NCCC(=O)CN2CCSSCC2)[C@@H]1O.NCCC(=O)N1CCSSCC1.O=C=O. The van der Waals surface area contributed by atoms with Crippen LogP contribution in [0.4, 0.5) is 0 Å². The Bertz CT molecular complexity index is 2120. The maximum absolute atomic E-state index is 12.5. The Balaban J connectivity index is 0.000000363. The van der Waals surface area contributed by atoms with Crippen molar-refractivity contribution >= 4 is 78.7 Å². The summed E-state index contributed by atoms with van der Waals surface area (Å²) in [4.78, 5) is 81.1. The molecule has 0 radical (unpaired) electrons. The number of hydrogen-bond donors (Lipinski definition) is 6. The minimum atomic E-state index is -1.22. The Morgan fingerprint density at radius 2 is 1.01 bits per heavy atom. The Kier molecular flexibility index (Phi) is 38.7. The van der Waals surface area contributed by atoms with Crippen molar-refractivity contribution in [3.8, 4) is 0 Å². The van der Waals surface area contributed by atoms with Gasteiger partial charge in [-0.1, -0.05) is 104 Å². The Morgan fingerprint density at radius 1 is 0.598 bits per heavy atom. The maximum Gasteiger partial charge on any atom is 0.373 e. The zero-order valence-electron chi connectivity index (χ0n) is 47.1. The van der Waals surface area contributed by atoms with E-state index in [9.17, 15) is 34.2 Å². The summed E-state index contributed by atoms with van der Waals surface area (Å²) >= 11 is 0. The number of nitrogens with two attached hydrogens (primary N) is 1. The number of benzene rings is 2. The van der Waals surface area contributed by atoms with Crippen LogP contribution in [0.5, 0.6) is 0 Å². The van der Waals surface area contributed by atoms with E-state index in [2.05, 4.69) is 20.9 Å². The van der Waals surface area contributed by atoms with Gasteiger partial charge in [0.25, 0.3) is 0 Å². The molecule has 4 aliphatic rings. The Labute approximate surface area is 495 Å². The van der Waals surface area contributed by atoms with Crippen molar-refractivity contribution in [2.75, 3.05) is 137 Å². The predicted octanol–water partition coefficient (Wildman–Crippen LogP) is 0.281. The maximum atomic E-state index is 12.5. The van der Waals surface area contributed by atoms with Gasteiger partial charge in [0, 0.05) is 124 Å². The lowest BCUT2D eigenvalue weighted by Crippen LogP contribution is -2.61. The van der Waals surface area contributed by atoms with Crippen LogP contribution in [-0.4, -0.2) is 254 Å². The quantitative estimate of drug-likeness (QED) is 0.0655. The van der Waals surface area contributed by atoms with Crippen molar-refractivity contribution in [3.05, 3.63) is 71.8 Å². The van der Waals surface area contributed by atoms with Crippen LogP contribution >= 0.6 is 43.2 Å². The average molecular weight is 1240 g/mol. The number of carbonyl (C=O) groups is 5. The van der Waals surface area contributed by atoms with Gasteiger partial charge in [-0.25, -0.2) is 0 Å². The molecular weight excluding hydrogens is 1150 g/mol. The molecule has 4 amide bonds. The van der Waals surface area contributed by atoms with Gasteiger partial charge in [-0.15, -0.1) is 0 Å². The molecular formula is C53H82N6O19S4. The van der Waals surface area contributed by atoms with Gasteiger partial charge in [0.15, 0.2) is 12.6 Å². The summed E-state index contributed by atoms with van der Waals surface area (Å²) in [6.07, 6.45) is -7.95. The zero-order valence-corrected chi connectivity index (χ0v) is 50.4. The number of carbonyl (C=O) groups excluding carboxylic acids is 7. The van der Waals surface area contributed by atoms with Gasteiger partial charge in [-0.3, -0.25) is 28.9 Å². The highest BCUT2D eigenvalue weighted by Gasteiger charge is 2.48. The molecule has 0 bridgehead atoms. The van der Waals surface area contributed by atoms with Gasteiger partial charge >= 0.3 is 6.15 Å². The van der Waals surface area contributed by atoms with E-state index >= 15 is 0 Å². The third kappa shape index (κ3) is 27.9. The topological polar surface area (TPSA) is 321 Å². The van der Waals surface area contributed by atoms with Crippen LogP contribution in [0, 0.1) is 0 Å². The molecule has 82 heavy (non-hydrogen) atoms. The lowest BCUT2D eigenvalue weighted by atomic mass is 9.98. The summed E-state index contributed by atoms with van der Waals surface area (Å²) in [5.74, 6) is 3.22. The van der Waals surface area contributed by atoms with E-state index < -0.39 is 73.9 Å². The van der Waals surface area contributed by atoms with E-state index in [4.69, 9.17) is 62.7 Å². The monoisotopic (exact) mass is 1230 g/mol. The fourth-order valence-electron chi connectivity index (χ4n) is 8.29. The van der Waals surface area contributed by atoms with Crippen molar-refractivity contribution in [2.45, 2.75) is 87.3 Å². The van der Waals surface area contributed by atoms with Gasteiger partial charge in [0.05, 0.1) is 19.8 Å². The largest absolute Gasteiger partial charge is 0.387 e. The van der Waals surface area contributed by atoms with Gasteiger partial charge in [0.2, 0.25) is 23.6 Å². The van der Waals surface area contributed by atoms with Crippen molar-refractivity contribution in [2.24, 2.45) is 5.73 Å². The molecule has 4 saturated heterocycles. The number of ether oxygens (including phenoxy) is 10. The van der Waals surface area contributed by atoms with Crippen LogP contribution in [0.2, 0.25) is 0 Å². The number of nitrogens with zero attached hydrogens (tertiary/aromatic N) is 2. The molecule has 7 N–H and O–H groups in total. The van der Waals surface area contributed by atoms with Crippen molar-refractivity contribution in [1.82, 2.24) is 25.8 Å². The van der Waals surface area contributed by atoms with Crippen LogP contribution < -0.4 is 21.7 Å². The summed E-state index contributed by atoms with van der Waals surface area (Å²) < 4.78 is 55.0. The van der Waals surface area contributed by atoms with Crippen molar-refractivity contribution in [3.63, 3.8) is 0 Å². The molecule has 462 valence electrons. The minimum absolute atomic E-state index is 0.0495. The number of nitrogens with one attached hydrogen (secondary N) is 3. The summed E-state index contributed by atoms with van der Waals surface area (Å²) in [6, 6.07) is 19.0. The summed E-state index contributed by atoms with van der Waals surface area (Å²) in [5.41, 5.74) is 7.24. The second kappa shape index (κ2) is 43.8. The molecule has 0 spiro atoms. The van der Waals surface area contributed by atoms with E-state index in [0.29, 0.717) is 32.6 Å². The number of aliphatic hydroxyl groups excluding tert-OH is 2. The Morgan fingerprint density at radius 3 is 1.44 bits per heavy atom. The van der Waals surface area contributed by atoms with Crippen LogP contribution in [-0.2, 0) is 94.0 Å². The van der Waals surface area contributed by atoms with Crippen molar-refractivity contribution < 1.29 is 91.1 Å². The summed E-state index contributed by atoms with van der Waals surface area (Å²) in [6.45, 7) is 4.58. The number of amides is 4. The first-order chi connectivity index (χ1) is 39.8. The lowest BCUT2D eigenvalue weighted by Gasteiger charge is -2.43. The first-order valence-electron chi connectivity index (χ1n) is 26.4. The molecule has 2 aromatic carbocycles. The average Bonchev–Trinajstić information content (AvgIpc) is 3.98. The molecule has 29 heteroatoms. The molecule has 25 nitrogen and oxygen atoms in total. The van der Waals surface area contributed by atoms with Gasteiger partial charge in [0.1, 0.15) is 74.4 Å². The number of rotatable bonds is 27. The molecule has 0 saturated carbocycles. The molecule has 4 fully saturated rings. The molecule has 10 atom stereocenters. The van der Waals surface area contributed by atoms with E-state index in [-0.39, 0.29) is 69.0 Å². The fraction of sp³-hybridized carbons (Fsp3) is 0.660. The van der Waals surface area contributed by atoms with E-state index in [1.165, 1.54) is 35.5 Å². The third-order valence-corrected chi connectivity index (χ3v) is 17.1. The molecule has 4 heterocycles. The van der Waals surface area contributed by atoms with Crippen LogP contribution in [0.1, 0.15) is 24.0 Å². The first-order valence-corrected chi connectivity index (χ1v) is 31.4. The van der Waals surface area contributed by atoms with Gasteiger partial charge in [-0.2, -0.15) is 9.59 Å². The van der Waals surface area contributed by atoms with Crippen LogP contribution in [0.3, 0.4) is 0 Å². The first kappa shape index (κ1) is 72.5. The normalized spacial score (nSPS) is 24.6. The number of aliphatic hydroxyl groups is 2. The van der Waals surface area contributed by atoms with Gasteiger partial charge in [-0.05, 0) is 11.1 Å². The molecule has 2 aromatic rings. The fourth-order valence-corrected chi connectivity index (χ4v) is 12.3. The van der Waals surface area contributed by atoms with E-state index in [1.54, 1.807) is 0 Å². The predicted molar refractivity (Wildman–Crippen MR) is 308 cm³/mol. The molecule has 0 aliphatic carbocycles. The highest BCUT2D eigenvalue weighted by molar-refractivity contribution is 8.77. The van der Waals surface area contributed by atoms with Crippen molar-refractivity contribution in [1.29, 1.82) is 0 Å². The highest BCUT2D eigenvalue weighted by atomic mass is 33.1. The summed E-state index contributed by atoms with van der Waals surface area (Å²) in [7, 11) is 14.6. The van der Waals surface area contributed by atoms with E-state index in [0.717, 1.165) is 60.3 Å². The van der Waals surface area contributed by atoms with Gasteiger partial charge < -0.3 is 84.2 Å². The van der Waals surface area contributed by atoms with Crippen LogP contribution in [0.15, 0.2) is 60.7 Å². The lowest BCUT2D eigenvalue weighted by molar-refractivity contribution is -0.309. The molecule has 4 unspecified atom stereocenters. The second-order valence-electron chi connectivity index (χ2n) is 18.2. The van der Waals surface area contributed by atoms with E-state index in [1.807, 2.05) is 109 Å². The molecule has 4 aliphatic heterocycles. The highest BCUT2D eigenvalue weighted by Crippen LogP contribution is 2.29. The second-order valence-corrected chi connectivity index (χ2v) is 23.6. The summed E-state index contributed by atoms with van der Waals surface area (Å²) in [5, 5.41) is 29.6. The number of hydrogen-bond acceptors (Lipinski definition) is 25. The number of ketones is 1. The number of methoxy groups -OCH3 is 5. The Hall–Kier alpha value is -3.79. The zero-order chi connectivity index (χ0) is 59.9. The third-order valence-electron chi connectivity index (χ3n) is 12.4. The molecule has 0 aromatic heterocycles. The minimum Gasteiger partial charge on any atom is -0.387 e. The number of Topliss-reactive ketones (excluding diaryl/α,β-unsaturated/α-hetero) is 1. The smallest absolute Gasteiger partial charge is 0.373 e. The standard InChI is InChI=1S/C27H41N3O9S2.C18H27NO7.C7H14N2OS2.CO2/c1-35-16-21-24(34)25(37-17-22(32)28-9-8-20(31)15-30-10-12-40-41-13-11-30)26(27(36-2)39-21)38-18-23(33)29-14-19-6-4-3-5-7-19;1-22-10-13-15(21)16(23-2)17(18(24-3)26-13)25-11-14(20)19-9-12-7-5-4-6-8-12;8-2-1-7(10)9-3-5-11-12-6-4-9;2-1-3/h3-7,21,24-27,34H,8-18H2,1-2H3,(H,28,32)(H,29,33);4-8,13,15-18,21H,9-11H2,1-3H3,(H,19,20);1-6,8H2;/t21?,24-,25+,26+,27?;13?,15-,16+,17+,18?;;/m11../s1. The molecule has 6 rings (SSSR count).